The van der Waals surface area contributed by atoms with Crippen LogP contribution in [0.5, 0.6) is 0 Å². The first-order valence-electron chi connectivity index (χ1n) is 11.1. The number of hydrogen-bond acceptors (Lipinski definition) is 6. The highest BCUT2D eigenvalue weighted by molar-refractivity contribution is 7.90. The van der Waals surface area contributed by atoms with E-state index >= 15 is 0 Å². The molecule has 0 heterocycles. The van der Waals surface area contributed by atoms with E-state index < -0.39 is 21.8 Å². The highest BCUT2D eigenvalue weighted by Crippen LogP contribution is 2.29. The fourth-order valence-electron chi connectivity index (χ4n) is 3.34. The molecule has 0 aliphatic heterocycles. The minimum absolute atomic E-state index is 0.149. The summed E-state index contributed by atoms with van der Waals surface area (Å²) in [7, 11) is -3.37. The molecule has 0 fully saturated rings. The molecule has 0 aliphatic rings. The lowest BCUT2D eigenvalue weighted by Gasteiger charge is -2.16. The molecule has 0 amide bonds. The summed E-state index contributed by atoms with van der Waals surface area (Å²) in [5, 5.41) is 0. The summed E-state index contributed by atoms with van der Waals surface area (Å²) in [6.07, 6.45) is 6.27. The summed E-state index contributed by atoms with van der Waals surface area (Å²) >= 11 is 0. The van der Waals surface area contributed by atoms with Crippen molar-refractivity contribution in [2.75, 3.05) is 19.5 Å². The largest absolute Gasteiger partial charge is 0.462 e. The van der Waals surface area contributed by atoms with E-state index in [2.05, 4.69) is 6.92 Å². The molecule has 0 spiro atoms. The van der Waals surface area contributed by atoms with Gasteiger partial charge in [-0.2, -0.15) is 0 Å². The van der Waals surface area contributed by atoms with Crippen molar-refractivity contribution in [1.29, 1.82) is 0 Å². The average Bonchev–Trinajstić information content (AvgIpc) is 2.78. The van der Waals surface area contributed by atoms with E-state index in [-0.39, 0.29) is 17.1 Å². The normalized spacial score (nSPS) is 12.1. The molecule has 33 heavy (non-hydrogen) atoms. The van der Waals surface area contributed by atoms with Gasteiger partial charge in [0.25, 0.3) is 0 Å². The van der Waals surface area contributed by atoms with Crippen LogP contribution in [0, 0.1) is 0 Å². The van der Waals surface area contributed by atoms with Gasteiger partial charge in [-0.25, -0.2) is 13.2 Å². The summed E-state index contributed by atoms with van der Waals surface area (Å²) in [4.78, 5) is 24.9. The van der Waals surface area contributed by atoms with Gasteiger partial charge in [-0.05, 0) is 29.7 Å². The van der Waals surface area contributed by atoms with Gasteiger partial charge in [-0.15, -0.1) is 0 Å². The molecule has 0 unspecified atom stereocenters. The summed E-state index contributed by atoms with van der Waals surface area (Å²) < 4.78 is 34.5. The van der Waals surface area contributed by atoms with Crippen LogP contribution in [-0.2, 0) is 28.9 Å². The molecular weight excluding hydrogens is 440 g/mol. The van der Waals surface area contributed by atoms with Crippen LogP contribution in [0.4, 0.5) is 0 Å². The van der Waals surface area contributed by atoms with E-state index in [1.165, 1.54) is 19.1 Å². The van der Waals surface area contributed by atoms with Crippen molar-refractivity contribution in [3.05, 3.63) is 65.7 Å². The van der Waals surface area contributed by atoms with Crippen LogP contribution in [0.2, 0.25) is 0 Å². The number of esters is 2. The zero-order valence-corrected chi connectivity index (χ0v) is 20.3. The Kier molecular flexibility index (Phi) is 10.3. The van der Waals surface area contributed by atoms with Crippen molar-refractivity contribution in [1.82, 2.24) is 0 Å². The zero-order valence-electron chi connectivity index (χ0n) is 19.5. The van der Waals surface area contributed by atoms with Gasteiger partial charge in [0.1, 0.15) is 6.61 Å². The molecule has 0 aromatic heterocycles. The highest BCUT2D eigenvalue weighted by atomic mass is 32.2. The Morgan fingerprint density at radius 3 is 2.03 bits per heavy atom. The van der Waals surface area contributed by atoms with Crippen molar-refractivity contribution in [2.45, 2.75) is 50.8 Å². The van der Waals surface area contributed by atoms with Gasteiger partial charge in [0, 0.05) is 18.8 Å². The van der Waals surface area contributed by atoms with Gasteiger partial charge in [0.15, 0.2) is 9.84 Å². The number of hydrogen-bond donors (Lipinski definition) is 0. The second kappa shape index (κ2) is 12.9. The Morgan fingerprint density at radius 1 is 0.818 bits per heavy atom. The topological polar surface area (TPSA) is 86.7 Å². The Bertz CT molecular complexity index is 1050. The van der Waals surface area contributed by atoms with Crippen LogP contribution in [0.3, 0.4) is 0 Å². The fraction of sp³-hybridized carbons (Fsp3) is 0.385. The summed E-state index contributed by atoms with van der Waals surface area (Å²) in [6.45, 7) is 3.58. The number of rotatable bonds is 12. The van der Waals surface area contributed by atoms with E-state index in [4.69, 9.17) is 9.47 Å². The average molecular weight is 473 g/mol. The molecule has 0 saturated heterocycles. The van der Waals surface area contributed by atoms with Crippen LogP contribution >= 0.6 is 0 Å². The molecule has 6 nitrogen and oxygen atoms in total. The first-order chi connectivity index (χ1) is 15.7. The third-order valence-electron chi connectivity index (χ3n) is 5.10. The summed E-state index contributed by atoms with van der Waals surface area (Å²) in [6, 6.07) is 15.2. The fourth-order valence-corrected chi connectivity index (χ4v) is 3.97. The maximum Gasteiger partial charge on any atom is 0.339 e. The minimum atomic E-state index is -3.37. The molecule has 2 aromatic rings. The minimum Gasteiger partial charge on any atom is -0.462 e. The molecule has 2 aromatic carbocycles. The second-order valence-electron chi connectivity index (χ2n) is 7.85. The SMILES string of the molecule is CCCCCCCOC(=O)C(=C(COC(C)=O)c1ccc(S(C)(=O)=O)cc1)c1ccccc1. The van der Waals surface area contributed by atoms with Gasteiger partial charge in [-0.1, -0.05) is 75.1 Å². The number of carbonyl (C=O) groups excluding carboxylic acids is 2. The van der Waals surface area contributed by atoms with E-state index in [1.54, 1.807) is 24.3 Å². The maximum absolute atomic E-state index is 13.2. The Labute approximate surface area is 196 Å². The smallest absolute Gasteiger partial charge is 0.339 e. The van der Waals surface area contributed by atoms with Crippen LogP contribution in [0.15, 0.2) is 59.5 Å². The van der Waals surface area contributed by atoms with E-state index in [0.29, 0.717) is 23.3 Å². The lowest BCUT2D eigenvalue weighted by Crippen LogP contribution is -2.14. The number of unbranched alkanes of at least 4 members (excludes halogenated alkanes) is 4. The first kappa shape index (κ1) is 26.3. The van der Waals surface area contributed by atoms with Crippen LogP contribution in [0.1, 0.15) is 57.1 Å². The second-order valence-corrected chi connectivity index (χ2v) is 9.86. The lowest BCUT2D eigenvalue weighted by atomic mass is 9.95. The number of sulfone groups is 1. The Morgan fingerprint density at radius 2 is 1.45 bits per heavy atom. The quantitative estimate of drug-likeness (QED) is 0.185. The number of carbonyl (C=O) groups is 2. The van der Waals surface area contributed by atoms with Crippen molar-refractivity contribution in [3.63, 3.8) is 0 Å². The predicted octanol–water partition coefficient (Wildman–Crippen LogP) is 5.08. The van der Waals surface area contributed by atoms with E-state index in [9.17, 15) is 18.0 Å². The molecule has 0 N–H and O–H groups in total. The molecule has 0 bridgehead atoms. The monoisotopic (exact) mass is 472 g/mol. The summed E-state index contributed by atoms with van der Waals surface area (Å²) in [5.74, 6) is -0.997. The third-order valence-corrected chi connectivity index (χ3v) is 6.23. The molecule has 2 rings (SSSR count). The molecule has 0 atom stereocenters. The van der Waals surface area contributed by atoms with Gasteiger partial charge < -0.3 is 9.47 Å². The molecular formula is C26H32O6S. The first-order valence-corrected chi connectivity index (χ1v) is 13.0. The van der Waals surface area contributed by atoms with Crippen LogP contribution in [-0.4, -0.2) is 39.8 Å². The number of benzene rings is 2. The molecule has 0 aliphatic carbocycles. The molecule has 7 heteroatoms. The van der Waals surface area contributed by atoms with Crippen LogP contribution in [0.25, 0.3) is 11.1 Å². The standard InChI is InChI=1S/C26H32O6S/c1-4-5-6-7-11-18-31-26(28)25(22-12-9-8-10-13-22)24(19-32-20(2)27)21-14-16-23(17-15-21)33(3,29)30/h8-10,12-17H,4-7,11,18-19H2,1-3H3. The predicted molar refractivity (Wildman–Crippen MR) is 129 cm³/mol. The third kappa shape index (κ3) is 8.50. The van der Waals surface area contributed by atoms with E-state index in [1.807, 2.05) is 18.2 Å². The van der Waals surface area contributed by atoms with Crippen molar-refractivity contribution in [3.8, 4) is 0 Å². The Hall–Kier alpha value is -2.93. The van der Waals surface area contributed by atoms with Gasteiger partial charge in [0.05, 0.1) is 17.1 Å². The van der Waals surface area contributed by atoms with Crippen molar-refractivity contribution < 1.29 is 27.5 Å². The van der Waals surface area contributed by atoms with Gasteiger partial charge in [-0.3, -0.25) is 4.79 Å². The summed E-state index contributed by atoms with van der Waals surface area (Å²) in [5.41, 5.74) is 1.94. The lowest BCUT2D eigenvalue weighted by molar-refractivity contribution is -0.140. The van der Waals surface area contributed by atoms with E-state index in [0.717, 1.165) is 38.4 Å². The molecule has 0 radical (unpaired) electrons. The van der Waals surface area contributed by atoms with Crippen molar-refractivity contribution >= 4 is 32.9 Å². The number of ether oxygens (including phenoxy) is 2. The molecule has 178 valence electrons. The molecule has 0 saturated carbocycles. The highest BCUT2D eigenvalue weighted by Gasteiger charge is 2.22. The Balaban J connectivity index is 2.45. The van der Waals surface area contributed by atoms with Gasteiger partial charge in [0.2, 0.25) is 0 Å². The zero-order chi connectivity index (χ0) is 24.3. The maximum atomic E-state index is 13.2. The van der Waals surface area contributed by atoms with Gasteiger partial charge >= 0.3 is 11.9 Å². The van der Waals surface area contributed by atoms with Crippen LogP contribution < -0.4 is 0 Å². The van der Waals surface area contributed by atoms with Crippen molar-refractivity contribution in [2.24, 2.45) is 0 Å².